The van der Waals surface area contributed by atoms with Crippen LogP contribution in [0.5, 0.6) is 5.75 Å². The van der Waals surface area contributed by atoms with Gasteiger partial charge in [-0.3, -0.25) is 9.59 Å². The zero-order chi connectivity index (χ0) is 17.5. The molecular formula is C18H19FN2O3. The van der Waals surface area contributed by atoms with Crippen molar-refractivity contribution in [3.8, 4) is 5.75 Å². The maximum absolute atomic E-state index is 13.4. The summed E-state index contributed by atoms with van der Waals surface area (Å²) in [6, 6.07) is 12.6. The van der Waals surface area contributed by atoms with Crippen LogP contribution in [0.2, 0.25) is 0 Å². The van der Waals surface area contributed by atoms with Crippen molar-refractivity contribution in [3.05, 3.63) is 54.3 Å². The molecule has 2 rings (SSSR count). The third-order valence-electron chi connectivity index (χ3n) is 2.98. The highest BCUT2D eigenvalue weighted by atomic mass is 19.1. The summed E-state index contributed by atoms with van der Waals surface area (Å²) < 4.78 is 18.9. The monoisotopic (exact) mass is 330 g/mol. The summed E-state index contributed by atoms with van der Waals surface area (Å²) in [6.45, 7) is 3.84. The van der Waals surface area contributed by atoms with Crippen molar-refractivity contribution in [3.63, 3.8) is 0 Å². The SMILES string of the molecule is CC(C)Oc1ccc(NC(=O)CC(=O)Nc2ccccc2F)cc1. The van der Waals surface area contributed by atoms with Crippen LogP contribution in [0.1, 0.15) is 20.3 Å². The van der Waals surface area contributed by atoms with Crippen LogP contribution in [0.3, 0.4) is 0 Å². The molecule has 2 aromatic carbocycles. The third kappa shape index (κ3) is 5.39. The number of hydrogen-bond acceptors (Lipinski definition) is 3. The zero-order valence-corrected chi connectivity index (χ0v) is 13.5. The van der Waals surface area contributed by atoms with Gasteiger partial charge in [-0.2, -0.15) is 0 Å². The number of rotatable bonds is 6. The molecule has 6 heteroatoms. The average Bonchev–Trinajstić information content (AvgIpc) is 2.51. The molecule has 0 aliphatic carbocycles. The van der Waals surface area contributed by atoms with Gasteiger partial charge in [-0.05, 0) is 50.2 Å². The van der Waals surface area contributed by atoms with Crippen molar-refractivity contribution < 1.29 is 18.7 Å². The van der Waals surface area contributed by atoms with Gasteiger partial charge in [0.05, 0.1) is 11.8 Å². The number of para-hydroxylation sites is 1. The molecule has 0 radical (unpaired) electrons. The van der Waals surface area contributed by atoms with Gasteiger partial charge >= 0.3 is 0 Å². The minimum Gasteiger partial charge on any atom is -0.491 e. The standard InChI is InChI=1S/C18H19FN2O3/c1-12(2)24-14-9-7-13(8-10-14)20-17(22)11-18(23)21-16-6-4-3-5-15(16)19/h3-10,12H,11H2,1-2H3,(H,20,22)(H,21,23). The number of hydrogen-bond donors (Lipinski definition) is 2. The molecule has 2 amide bonds. The van der Waals surface area contributed by atoms with Crippen LogP contribution in [-0.2, 0) is 9.59 Å². The van der Waals surface area contributed by atoms with E-state index in [9.17, 15) is 14.0 Å². The lowest BCUT2D eigenvalue weighted by atomic mass is 10.2. The number of amides is 2. The van der Waals surface area contributed by atoms with Crippen LogP contribution < -0.4 is 15.4 Å². The van der Waals surface area contributed by atoms with Crippen LogP contribution in [0.15, 0.2) is 48.5 Å². The molecule has 0 unspecified atom stereocenters. The number of carbonyl (C=O) groups is 2. The van der Waals surface area contributed by atoms with Gasteiger partial charge in [0, 0.05) is 5.69 Å². The molecule has 0 heterocycles. The Morgan fingerprint density at radius 1 is 1.00 bits per heavy atom. The first-order valence-electron chi connectivity index (χ1n) is 7.55. The van der Waals surface area contributed by atoms with Crippen molar-refractivity contribution in [2.45, 2.75) is 26.4 Å². The van der Waals surface area contributed by atoms with Gasteiger partial charge in [0.2, 0.25) is 11.8 Å². The predicted octanol–water partition coefficient (Wildman–Crippen LogP) is 3.58. The molecule has 2 aromatic rings. The maximum atomic E-state index is 13.4. The molecule has 0 aromatic heterocycles. The van der Waals surface area contributed by atoms with E-state index in [1.165, 1.54) is 18.2 Å². The summed E-state index contributed by atoms with van der Waals surface area (Å²) in [6.07, 6.45) is -0.342. The number of ether oxygens (including phenoxy) is 1. The molecule has 24 heavy (non-hydrogen) atoms. The van der Waals surface area contributed by atoms with Gasteiger partial charge < -0.3 is 15.4 Å². The van der Waals surface area contributed by atoms with Crippen LogP contribution in [0, 0.1) is 5.82 Å². The molecule has 0 fully saturated rings. The van der Waals surface area contributed by atoms with E-state index < -0.39 is 24.1 Å². The normalized spacial score (nSPS) is 10.3. The summed E-state index contributed by atoms with van der Waals surface area (Å²) in [5.41, 5.74) is 0.597. The topological polar surface area (TPSA) is 67.4 Å². The lowest BCUT2D eigenvalue weighted by Gasteiger charge is -2.11. The van der Waals surface area contributed by atoms with Crippen LogP contribution in [0.25, 0.3) is 0 Å². The van der Waals surface area contributed by atoms with Gasteiger partial charge in [-0.25, -0.2) is 4.39 Å². The smallest absolute Gasteiger partial charge is 0.233 e. The Balaban J connectivity index is 1.86. The van der Waals surface area contributed by atoms with E-state index in [2.05, 4.69) is 10.6 Å². The van der Waals surface area contributed by atoms with Crippen molar-refractivity contribution in [2.24, 2.45) is 0 Å². The lowest BCUT2D eigenvalue weighted by Crippen LogP contribution is -2.21. The highest BCUT2D eigenvalue weighted by Crippen LogP contribution is 2.17. The molecule has 0 aliphatic heterocycles. The molecule has 5 nitrogen and oxygen atoms in total. The Morgan fingerprint density at radius 2 is 1.62 bits per heavy atom. The summed E-state index contributed by atoms with van der Waals surface area (Å²) in [7, 11) is 0. The summed E-state index contributed by atoms with van der Waals surface area (Å²) in [5.74, 6) is -0.925. The second-order valence-electron chi connectivity index (χ2n) is 5.44. The Labute approximate surface area is 139 Å². The second-order valence-corrected chi connectivity index (χ2v) is 5.44. The third-order valence-corrected chi connectivity index (χ3v) is 2.98. The van der Waals surface area contributed by atoms with Crippen LogP contribution in [-0.4, -0.2) is 17.9 Å². The first kappa shape index (κ1) is 17.5. The van der Waals surface area contributed by atoms with Gasteiger partial charge in [0.1, 0.15) is 18.0 Å². The minimum atomic E-state index is -0.586. The molecule has 126 valence electrons. The zero-order valence-electron chi connectivity index (χ0n) is 13.5. The Morgan fingerprint density at radius 3 is 2.25 bits per heavy atom. The molecule has 2 N–H and O–H groups in total. The molecule has 0 aliphatic rings. The van der Waals surface area contributed by atoms with E-state index >= 15 is 0 Å². The largest absolute Gasteiger partial charge is 0.491 e. The van der Waals surface area contributed by atoms with Gasteiger partial charge in [-0.1, -0.05) is 12.1 Å². The Kier molecular flexibility index (Phi) is 5.89. The maximum Gasteiger partial charge on any atom is 0.233 e. The summed E-state index contributed by atoms with van der Waals surface area (Å²) >= 11 is 0. The van der Waals surface area contributed by atoms with Crippen molar-refractivity contribution in [1.29, 1.82) is 0 Å². The molecule has 0 saturated heterocycles. The van der Waals surface area contributed by atoms with E-state index in [0.717, 1.165) is 0 Å². The fraction of sp³-hybridized carbons (Fsp3) is 0.222. The number of carbonyl (C=O) groups excluding carboxylic acids is 2. The highest BCUT2D eigenvalue weighted by molar-refractivity contribution is 6.08. The fourth-order valence-corrected chi connectivity index (χ4v) is 2.00. The van der Waals surface area contributed by atoms with E-state index in [1.807, 2.05) is 13.8 Å². The average molecular weight is 330 g/mol. The Hall–Kier alpha value is -2.89. The molecule has 0 atom stereocenters. The van der Waals surface area contributed by atoms with E-state index in [1.54, 1.807) is 30.3 Å². The van der Waals surface area contributed by atoms with Crippen LogP contribution >= 0.6 is 0 Å². The second kappa shape index (κ2) is 8.10. The van der Waals surface area contributed by atoms with Crippen molar-refractivity contribution in [1.82, 2.24) is 0 Å². The number of nitrogens with one attached hydrogen (secondary N) is 2. The first-order valence-corrected chi connectivity index (χ1v) is 7.55. The number of benzene rings is 2. The molecule has 0 spiro atoms. The van der Waals surface area contributed by atoms with Gasteiger partial charge in [0.15, 0.2) is 0 Å². The van der Waals surface area contributed by atoms with E-state index in [-0.39, 0.29) is 11.8 Å². The van der Waals surface area contributed by atoms with Gasteiger partial charge in [0.25, 0.3) is 0 Å². The summed E-state index contributed by atoms with van der Waals surface area (Å²) in [5, 5.41) is 4.97. The lowest BCUT2D eigenvalue weighted by molar-refractivity contribution is -0.123. The van der Waals surface area contributed by atoms with Gasteiger partial charge in [-0.15, -0.1) is 0 Å². The molecule has 0 saturated carbocycles. The van der Waals surface area contributed by atoms with Crippen molar-refractivity contribution >= 4 is 23.2 Å². The first-order chi connectivity index (χ1) is 11.4. The van der Waals surface area contributed by atoms with Crippen LogP contribution in [0.4, 0.5) is 15.8 Å². The van der Waals surface area contributed by atoms with E-state index in [0.29, 0.717) is 11.4 Å². The highest BCUT2D eigenvalue weighted by Gasteiger charge is 2.12. The minimum absolute atomic E-state index is 0.0467. The molecular weight excluding hydrogens is 311 g/mol. The number of anilines is 2. The fourth-order valence-electron chi connectivity index (χ4n) is 2.00. The summed E-state index contributed by atoms with van der Waals surface area (Å²) in [4.78, 5) is 23.6. The molecule has 0 bridgehead atoms. The number of halogens is 1. The Bertz CT molecular complexity index is 714. The van der Waals surface area contributed by atoms with Crippen molar-refractivity contribution in [2.75, 3.05) is 10.6 Å². The quantitative estimate of drug-likeness (QED) is 0.796. The predicted molar refractivity (Wildman–Crippen MR) is 90.5 cm³/mol. The van der Waals surface area contributed by atoms with E-state index in [4.69, 9.17) is 4.74 Å².